The van der Waals surface area contributed by atoms with Gasteiger partial charge in [0.05, 0.1) is 23.7 Å². The maximum Gasteiger partial charge on any atom is 0.193 e. The van der Waals surface area contributed by atoms with Crippen LogP contribution in [0.25, 0.3) is 0 Å². The summed E-state index contributed by atoms with van der Waals surface area (Å²) in [6.07, 6.45) is 1.79. The van der Waals surface area contributed by atoms with Crippen LogP contribution >= 0.6 is 46.9 Å². The first-order valence-corrected chi connectivity index (χ1v) is 7.65. The number of ether oxygens (including phenoxy) is 1. The highest BCUT2D eigenvalue weighted by Gasteiger charge is 2.07. The number of nitrogens with one attached hydrogen (secondary N) is 1. The molecule has 1 heterocycles. The maximum atomic E-state index is 6.06. The molecule has 0 aliphatic carbocycles. The maximum absolute atomic E-state index is 6.06. The molecule has 0 spiro atoms. The number of nitrogens with two attached hydrogens (primary N) is 1. The lowest BCUT2D eigenvalue weighted by Crippen LogP contribution is -2.23. The van der Waals surface area contributed by atoms with Crippen molar-refractivity contribution < 1.29 is 4.74 Å². The lowest BCUT2D eigenvalue weighted by molar-refractivity contribution is 0.415. The fraction of sp³-hybridized carbons (Fsp3) is 0.286. The third-order valence-electron chi connectivity index (χ3n) is 2.83. The average Bonchev–Trinajstić information content (AvgIpc) is 2.99. The summed E-state index contributed by atoms with van der Waals surface area (Å²) >= 11 is 7.68. The Labute approximate surface area is 156 Å². The van der Waals surface area contributed by atoms with Crippen LogP contribution in [0.2, 0.25) is 5.02 Å². The summed E-state index contributed by atoms with van der Waals surface area (Å²) in [4.78, 5) is 8.59. The number of aromatic nitrogens is 1. The predicted octanol–water partition coefficient (Wildman–Crippen LogP) is 3.95. The van der Waals surface area contributed by atoms with Crippen LogP contribution < -0.4 is 15.8 Å². The summed E-state index contributed by atoms with van der Waals surface area (Å²) in [7, 11) is 1.57. The minimum atomic E-state index is 0. The van der Waals surface area contributed by atoms with Crippen molar-refractivity contribution in [2.24, 2.45) is 10.7 Å². The molecule has 120 valence electrons. The van der Waals surface area contributed by atoms with Gasteiger partial charge in [-0.25, -0.2) is 4.98 Å². The first kappa shape index (κ1) is 19.0. The second kappa shape index (κ2) is 9.16. The minimum absolute atomic E-state index is 0. The van der Waals surface area contributed by atoms with Gasteiger partial charge >= 0.3 is 0 Å². The van der Waals surface area contributed by atoms with Gasteiger partial charge in [-0.3, -0.25) is 4.99 Å². The molecule has 5 nitrogen and oxygen atoms in total. The zero-order chi connectivity index (χ0) is 15.2. The number of rotatable bonds is 5. The number of guanidine groups is 1. The molecule has 1 aromatic heterocycles. The molecular formula is C14H18ClIN4OS. The molecule has 1 unspecified atom stereocenters. The standard InChI is InChI=1S/C14H17ClN4OS.HI/c1-9(13-17-5-6-21-13)8-18-14(16)19-10-3-4-12(20-2)11(15)7-10;/h3-7,9H,8H2,1-2H3,(H3,16,18,19);1H. The number of aliphatic imine (C=N–C) groups is 1. The molecule has 3 N–H and O–H groups in total. The number of anilines is 1. The summed E-state index contributed by atoms with van der Waals surface area (Å²) in [5, 5.41) is 6.53. The molecule has 0 aliphatic rings. The molecule has 0 radical (unpaired) electrons. The average molecular weight is 453 g/mol. The highest BCUT2D eigenvalue weighted by atomic mass is 127. The summed E-state index contributed by atoms with van der Waals surface area (Å²) < 4.78 is 5.10. The number of thiazole rings is 1. The second-order valence-corrected chi connectivity index (χ2v) is 5.80. The minimum Gasteiger partial charge on any atom is -0.495 e. The SMILES string of the molecule is COc1ccc(NC(N)=NCC(C)c2nccs2)cc1Cl.I. The van der Waals surface area contributed by atoms with Crippen LogP contribution in [-0.2, 0) is 0 Å². The van der Waals surface area contributed by atoms with Crippen molar-refractivity contribution in [3.63, 3.8) is 0 Å². The van der Waals surface area contributed by atoms with Crippen molar-refractivity contribution in [1.82, 2.24) is 4.98 Å². The number of hydrogen-bond donors (Lipinski definition) is 2. The largest absolute Gasteiger partial charge is 0.495 e. The molecule has 2 rings (SSSR count). The van der Waals surface area contributed by atoms with Gasteiger partial charge in [0.2, 0.25) is 0 Å². The summed E-state index contributed by atoms with van der Waals surface area (Å²) in [6.45, 7) is 2.65. The number of benzene rings is 1. The van der Waals surface area contributed by atoms with E-state index in [1.165, 1.54) is 0 Å². The Bertz CT molecular complexity index is 621. The Kier molecular flexibility index (Phi) is 7.91. The van der Waals surface area contributed by atoms with E-state index < -0.39 is 0 Å². The number of halogens is 2. The molecular weight excluding hydrogens is 435 g/mol. The first-order chi connectivity index (χ1) is 10.1. The van der Waals surface area contributed by atoms with Gasteiger partial charge in [-0.2, -0.15) is 0 Å². The van der Waals surface area contributed by atoms with Crippen molar-refractivity contribution in [3.8, 4) is 5.75 Å². The highest BCUT2D eigenvalue weighted by Crippen LogP contribution is 2.27. The third kappa shape index (κ3) is 5.29. The van der Waals surface area contributed by atoms with Crippen LogP contribution in [0.1, 0.15) is 17.8 Å². The number of hydrogen-bond acceptors (Lipinski definition) is 4. The summed E-state index contributed by atoms with van der Waals surface area (Å²) in [5.41, 5.74) is 6.64. The molecule has 1 atom stereocenters. The van der Waals surface area contributed by atoms with Crippen LogP contribution in [0.3, 0.4) is 0 Å². The number of methoxy groups -OCH3 is 1. The van der Waals surface area contributed by atoms with Crippen molar-refractivity contribution in [1.29, 1.82) is 0 Å². The zero-order valence-corrected chi connectivity index (χ0v) is 16.1. The van der Waals surface area contributed by atoms with Gasteiger partial charge < -0.3 is 15.8 Å². The van der Waals surface area contributed by atoms with Gasteiger partial charge in [-0.15, -0.1) is 35.3 Å². The first-order valence-electron chi connectivity index (χ1n) is 6.40. The van der Waals surface area contributed by atoms with Gasteiger partial charge in [0.25, 0.3) is 0 Å². The second-order valence-electron chi connectivity index (χ2n) is 4.47. The van der Waals surface area contributed by atoms with E-state index in [9.17, 15) is 0 Å². The normalized spacial score (nSPS) is 12.4. The molecule has 0 fully saturated rings. The van der Waals surface area contributed by atoms with Gasteiger partial charge in [0.1, 0.15) is 5.75 Å². The van der Waals surface area contributed by atoms with E-state index in [0.717, 1.165) is 10.7 Å². The van der Waals surface area contributed by atoms with E-state index >= 15 is 0 Å². The molecule has 0 saturated heterocycles. The van der Waals surface area contributed by atoms with Crippen LogP contribution in [0.5, 0.6) is 5.75 Å². The van der Waals surface area contributed by atoms with Crippen LogP contribution in [0, 0.1) is 0 Å². The lowest BCUT2D eigenvalue weighted by Gasteiger charge is -2.09. The number of nitrogens with zero attached hydrogens (tertiary/aromatic N) is 2. The highest BCUT2D eigenvalue weighted by molar-refractivity contribution is 14.0. The van der Waals surface area contributed by atoms with Crippen LogP contribution in [-0.4, -0.2) is 24.6 Å². The van der Waals surface area contributed by atoms with Gasteiger partial charge in [-0.1, -0.05) is 18.5 Å². The van der Waals surface area contributed by atoms with Crippen molar-refractivity contribution >= 4 is 58.6 Å². The van der Waals surface area contributed by atoms with Crippen molar-refractivity contribution in [3.05, 3.63) is 39.8 Å². The van der Waals surface area contributed by atoms with E-state index in [4.69, 9.17) is 22.1 Å². The van der Waals surface area contributed by atoms with Crippen molar-refractivity contribution in [2.45, 2.75) is 12.8 Å². The fourth-order valence-electron chi connectivity index (χ4n) is 1.72. The Hall–Kier alpha value is -1.06. The van der Waals surface area contributed by atoms with Crippen molar-refractivity contribution in [2.75, 3.05) is 19.0 Å². The van der Waals surface area contributed by atoms with Gasteiger partial charge in [0.15, 0.2) is 5.96 Å². The van der Waals surface area contributed by atoms with E-state index in [1.54, 1.807) is 36.8 Å². The Morgan fingerprint density at radius 3 is 2.91 bits per heavy atom. The third-order valence-corrected chi connectivity index (χ3v) is 4.14. The molecule has 22 heavy (non-hydrogen) atoms. The summed E-state index contributed by atoms with van der Waals surface area (Å²) in [5.74, 6) is 1.21. The Morgan fingerprint density at radius 2 is 2.32 bits per heavy atom. The molecule has 2 aromatic rings. The molecule has 0 bridgehead atoms. The fourth-order valence-corrected chi connectivity index (χ4v) is 2.67. The molecule has 0 aliphatic heterocycles. The predicted molar refractivity (Wildman–Crippen MR) is 104 cm³/mol. The lowest BCUT2D eigenvalue weighted by atomic mass is 10.2. The summed E-state index contributed by atoms with van der Waals surface area (Å²) in [6, 6.07) is 5.35. The van der Waals surface area contributed by atoms with E-state index in [1.807, 2.05) is 11.4 Å². The monoisotopic (exact) mass is 452 g/mol. The molecule has 1 aromatic carbocycles. The molecule has 8 heteroatoms. The van der Waals surface area contributed by atoms with Gasteiger partial charge in [0, 0.05) is 23.2 Å². The van der Waals surface area contributed by atoms with E-state index in [0.29, 0.717) is 23.3 Å². The Morgan fingerprint density at radius 1 is 1.55 bits per heavy atom. The quantitative estimate of drug-likeness (QED) is 0.409. The zero-order valence-electron chi connectivity index (χ0n) is 12.2. The van der Waals surface area contributed by atoms with E-state index in [2.05, 4.69) is 22.2 Å². The topological polar surface area (TPSA) is 72.5 Å². The van der Waals surface area contributed by atoms with E-state index in [-0.39, 0.29) is 29.9 Å². The smallest absolute Gasteiger partial charge is 0.193 e. The van der Waals surface area contributed by atoms with Gasteiger partial charge in [-0.05, 0) is 18.2 Å². The molecule has 0 amide bonds. The van der Waals surface area contributed by atoms with Crippen LogP contribution in [0.15, 0.2) is 34.8 Å². The Balaban J connectivity index is 0.00000242. The molecule has 0 saturated carbocycles. The van der Waals surface area contributed by atoms with Crippen LogP contribution in [0.4, 0.5) is 5.69 Å².